The van der Waals surface area contributed by atoms with Crippen LogP contribution in [0, 0.1) is 10.1 Å². The average molecular weight is 301 g/mol. The fourth-order valence-corrected chi connectivity index (χ4v) is 3.24. The molecule has 2 rings (SSSR count). The highest BCUT2D eigenvalue weighted by Gasteiger charge is 2.27. The van der Waals surface area contributed by atoms with Crippen molar-refractivity contribution in [3.8, 4) is 0 Å². The molecular formula is C11H15N3O5S. The zero-order valence-electron chi connectivity index (χ0n) is 10.6. The number of hydrogen-bond acceptors (Lipinski definition) is 6. The summed E-state index contributed by atoms with van der Waals surface area (Å²) in [5.74, 6) is 0. The van der Waals surface area contributed by atoms with Gasteiger partial charge in [-0.3, -0.25) is 10.1 Å². The molecule has 9 heteroatoms. The predicted molar refractivity (Wildman–Crippen MR) is 70.6 cm³/mol. The number of nitro benzene ring substituents is 1. The summed E-state index contributed by atoms with van der Waals surface area (Å²) in [4.78, 5) is 9.92. The van der Waals surface area contributed by atoms with Gasteiger partial charge in [-0.1, -0.05) is 0 Å². The van der Waals surface area contributed by atoms with Crippen LogP contribution in [0.1, 0.15) is 6.42 Å². The third-order valence-electron chi connectivity index (χ3n) is 3.06. The maximum atomic E-state index is 12.1. The number of benzene rings is 1. The average Bonchev–Trinajstić information content (AvgIpc) is 2.41. The molecule has 0 aliphatic carbocycles. The summed E-state index contributed by atoms with van der Waals surface area (Å²) in [5.41, 5.74) is 5.63. The van der Waals surface area contributed by atoms with E-state index in [0.29, 0.717) is 19.6 Å². The first kappa shape index (κ1) is 14.9. The maximum absolute atomic E-state index is 12.1. The first-order valence-corrected chi connectivity index (χ1v) is 7.48. The van der Waals surface area contributed by atoms with E-state index in [1.54, 1.807) is 0 Å². The molecule has 1 aromatic rings. The Kier molecular flexibility index (Phi) is 4.33. The second kappa shape index (κ2) is 5.83. The molecule has 0 bridgehead atoms. The normalized spacial score (nSPS) is 23.4. The lowest BCUT2D eigenvalue weighted by molar-refractivity contribution is -0.384. The van der Waals surface area contributed by atoms with Crippen LogP contribution in [0.25, 0.3) is 0 Å². The van der Waals surface area contributed by atoms with Crippen molar-refractivity contribution in [2.45, 2.75) is 23.4 Å². The van der Waals surface area contributed by atoms with E-state index in [1.165, 1.54) is 12.1 Å². The van der Waals surface area contributed by atoms with E-state index >= 15 is 0 Å². The monoisotopic (exact) mass is 301 g/mol. The van der Waals surface area contributed by atoms with E-state index in [9.17, 15) is 18.5 Å². The van der Waals surface area contributed by atoms with Crippen LogP contribution in [0.2, 0.25) is 0 Å². The van der Waals surface area contributed by atoms with Crippen LogP contribution in [-0.2, 0) is 14.8 Å². The molecule has 0 aromatic heterocycles. The van der Waals surface area contributed by atoms with Crippen molar-refractivity contribution in [3.63, 3.8) is 0 Å². The molecule has 1 saturated heterocycles. The van der Waals surface area contributed by atoms with E-state index in [1.807, 2.05) is 0 Å². The van der Waals surface area contributed by atoms with E-state index in [-0.39, 0.29) is 10.6 Å². The van der Waals surface area contributed by atoms with Crippen LogP contribution in [0.5, 0.6) is 0 Å². The molecule has 1 aliphatic heterocycles. The van der Waals surface area contributed by atoms with Crippen LogP contribution in [0.15, 0.2) is 29.2 Å². The number of non-ortho nitro benzene ring substituents is 1. The summed E-state index contributed by atoms with van der Waals surface area (Å²) in [5, 5.41) is 10.5. The molecule has 0 radical (unpaired) electrons. The van der Waals surface area contributed by atoms with Crippen molar-refractivity contribution in [1.82, 2.24) is 4.72 Å². The zero-order chi connectivity index (χ0) is 14.8. The number of nitrogens with one attached hydrogen (secondary N) is 1. The van der Waals surface area contributed by atoms with Gasteiger partial charge in [0.1, 0.15) is 0 Å². The Balaban J connectivity index is 2.15. The van der Waals surface area contributed by atoms with Crippen LogP contribution >= 0.6 is 0 Å². The molecule has 8 nitrogen and oxygen atoms in total. The number of hydrogen-bond donors (Lipinski definition) is 2. The van der Waals surface area contributed by atoms with Crippen LogP contribution < -0.4 is 10.5 Å². The molecule has 1 aliphatic rings. The number of rotatable bonds is 4. The molecular weight excluding hydrogens is 286 g/mol. The predicted octanol–water partition coefficient (Wildman–Crippen LogP) is -0.0107. The van der Waals surface area contributed by atoms with Gasteiger partial charge < -0.3 is 10.5 Å². The molecule has 20 heavy (non-hydrogen) atoms. The first-order chi connectivity index (χ1) is 9.40. The Morgan fingerprint density at radius 2 is 2.00 bits per heavy atom. The third-order valence-corrected chi connectivity index (χ3v) is 4.57. The summed E-state index contributed by atoms with van der Waals surface area (Å²) in [6.45, 7) is 0.745. The van der Waals surface area contributed by atoms with Crippen LogP contribution in [0.4, 0.5) is 5.69 Å². The van der Waals surface area contributed by atoms with Crippen molar-refractivity contribution in [1.29, 1.82) is 0 Å². The van der Waals surface area contributed by atoms with Gasteiger partial charge in [-0.2, -0.15) is 0 Å². The summed E-state index contributed by atoms with van der Waals surface area (Å²) in [7, 11) is -3.74. The number of nitro groups is 1. The Bertz CT molecular complexity index is 587. The van der Waals surface area contributed by atoms with Crippen molar-refractivity contribution in [2.24, 2.45) is 5.73 Å². The van der Waals surface area contributed by atoms with Crippen molar-refractivity contribution in [2.75, 3.05) is 13.2 Å². The highest BCUT2D eigenvalue weighted by atomic mass is 32.2. The molecule has 0 unspecified atom stereocenters. The number of nitrogens with two attached hydrogens (primary N) is 1. The summed E-state index contributed by atoms with van der Waals surface area (Å²) >= 11 is 0. The van der Waals surface area contributed by atoms with E-state index in [0.717, 1.165) is 12.1 Å². The highest BCUT2D eigenvalue weighted by molar-refractivity contribution is 7.89. The molecule has 1 aromatic carbocycles. The largest absolute Gasteiger partial charge is 0.380 e. The van der Waals surface area contributed by atoms with E-state index in [4.69, 9.17) is 10.5 Å². The van der Waals surface area contributed by atoms with Gasteiger partial charge in [0.2, 0.25) is 10.0 Å². The molecule has 1 heterocycles. The van der Waals surface area contributed by atoms with Gasteiger partial charge in [0.15, 0.2) is 0 Å². The second-order valence-corrected chi connectivity index (χ2v) is 6.22. The fourth-order valence-electron chi connectivity index (χ4n) is 1.92. The summed E-state index contributed by atoms with van der Waals surface area (Å²) < 4.78 is 31.9. The van der Waals surface area contributed by atoms with Crippen LogP contribution in [0.3, 0.4) is 0 Å². The van der Waals surface area contributed by atoms with Gasteiger partial charge in [0.25, 0.3) is 5.69 Å². The maximum Gasteiger partial charge on any atom is 0.269 e. The number of sulfonamides is 1. The number of nitrogens with zero attached hydrogens (tertiary/aromatic N) is 1. The van der Waals surface area contributed by atoms with Gasteiger partial charge in [0.05, 0.1) is 16.4 Å². The van der Waals surface area contributed by atoms with Gasteiger partial charge in [-0.15, -0.1) is 0 Å². The minimum atomic E-state index is -3.74. The Morgan fingerprint density at radius 3 is 2.55 bits per heavy atom. The van der Waals surface area contributed by atoms with Crippen LogP contribution in [-0.4, -0.2) is 38.6 Å². The minimum absolute atomic E-state index is 0.0261. The van der Waals surface area contributed by atoms with Gasteiger partial charge in [-0.25, -0.2) is 13.1 Å². The lowest BCUT2D eigenvalue weighted by Crippen LogP contribution is -2.52. The Hall–Kier alpha value is -1.55. The van der Waals surface area contributed by atoms with Gasteiger partial charge in [0, 0.05) is 30.8 Å². The highest BCUT2D eigenvalue weighted by Crippen LogP contribution is 2.17. The number of ether oxygens (including phenoxy) is 1. The second-order valence-electron chi connectivity index (χ2n) is 4.51. The zero-order valence-corrected chi connectivity index (χ0v) is 11.4. The van der Waals surface area contributed by atoms with Crippen molar-refractivity contribution < 1.29 is 18.1 Å². The van der Waals surface area contributed by atoms with Crippen molar-refractivity contribution in [3.05, 3.63) is 34.4 Å². The molecule has 1 fully saturated rings. The topological polar surface area (TPSA) is 125 Å². The van der Waals surface area contributed by atoms with Gasteiger partial charge in [-0.05, 0) is 18.6 Å². The molecule has 110 valence electrons. The van der Waals surface area contributed by atoms with E-state index in [2.05, 4.69) is 4.72 Å². The standard InChI is InChI=1S/C11H15N3O5S/c12-10-7-19-6-5-11(10)13-20(17,18)9-3-1-8(2-4-9)14(15)16/h1-4,10-11,13H,5-7,12H2/t10-,11+/m0/s1. The smallest absolute Gasteiger partial charge is 0.269 e. The lowest BCUT2D eigenvalue weighted by atomic mass is 10.1. The van der Waals surface area contributed by atoms with Gasteiger partial charge >= 0.3 is 0 Å². The molecule has 0 amide bonds. The third kappa shape index (κ3) is 3.31. The minimum Gasteiger partial charge on any atom is -0.380 e. The Labute approximate surface area is 116 Å². The van der Waals surface area contributed by atoms with Crippen molar-refractivity contribution >= 4 is 15.7 Å². The van der Waals surface area contributed by atoms with E-state index < -0.39 is 27.0 Å². The molecule has 0 saturated carbocycles. The first-order valence-electron chi connectivity index (χ1n) is 6.00. The molecule has 3 N–H and O–H groups in total. The molecule has 2 atom stereocenters. The fraction of sp³-hybridized carbons (Fsp3) is 0.455. The Morgan fingerprint density at radius 1 is 1.35 bits per heavy atom. The lowest BCUT2D eigenvalue weighted by Gasteiger charge is -2.29. The SMILES string of the molecule is N[C@H]1COCC[C@H]1NS(=O)(=O)c1ccc([N+](=O)[O-])cc1. The summed E-state index contributed by atoms with van der Waals surface area (Å²) in [6, 6.07) is 3.90. The quantitative estimate of drug-likeness (QED) is 0.595. The molecule has 0 spiro atoms. The summed E-state index contributed by atoms with van der Waals surface area (Å²) in [6.07, 6.45) is 0.493.